The number of Topliss-reactive ketones (excluding diaryl/α,β-unsaturated/α-hetero) is 1. The molecule has 0 spiro atoms. The Morgan fingerprint density at radius 1 is 1.13 bits per heavy atom. The molecule has 4 rings (SSSR count). The van der Waals surface area contributed by atoms with Gasteiger partial charge >= 0.3 is 0 Å². The van der Waals surface area contributed by atoms with Crippen molar-refractivity contribution in [3.05, 3.63) is 95.1 Å². The van der Waals surface area contributed by atoms with Crippen LogP contribution in [0.5, 0.6) is 5.75 Å². The second-order valence-corrected chi connectivity index (χ2v) is 7.09. The molecule has 156 valence electrons. The summed E-state index contributed by atoms with van der Waals surface area (Å²) < 4.78 is 19.1. The topological polar surface area (TPSA) is 79.7 Å². The zero-order valence-electron chi connectivity index (χ0n) is 16.9. The summed E-state index contributed by atoms with van der Waals surface area (Å²) in [5, 5.41) is 11.1. The first-order chi connectivity index (χ1) is 14.9. The van der Waals surface area contributed by atoms with Gasteiger partial charge in [0.25, 0.3) is 11.7 Å². The van der Waals surface area contributed by atoms with Crippen molar-refractivity contribution in [1.82, 2.24) is 4.98 Å². The van der Waals surface area contributed by atoms with E-state index < -0.39 is 23.5 Å². The van der Waals surface area contributed by atoms with Crippen molar-refractivity contribution in [3.63, 3.8) is 0 Å². The Balaban J connectivity index is 1.97. The number of hydrogen-bond acceptors (Lipinski definition) is 5. The molecule has 2 heterocycles. The third-order valence-corrected chi connectivity index (χ3v) is 5.22. The lowest BCUT2D eigenvalue weighted by atomic mass is 9.95. The predicted molar refractivity (Wildman–Crippen MR) is 113 cm³/mol. The van der Waals surface area contributed by atoms with E-state index in [1.807, 2.05) is 0 Å². The van der Waals surface area contributed by atoms with Crippen molar-refractivity contribution >= 4 is 23.1 Å². The molecular formula is C24H19FN2O4. The molecular weight excluding hydrogens is 399 g/mol. The van der Waals surface area contributed by atoms with E-state index in [0.29, 0.717) is 22.6 Å². The minimum absolute atomic E-state index is 0.102. The molecule has 0 aliphatic carbocycles. The van der Waals surface area contributed by atoms with E-state index >= 15 is 0 Å². The normalized spacial score (nSPS) is 17.8. The highest BCUT2D eigenvalue weighted by Crippen LogP contribution is 2.44. The summed E-state index contributed by atoms with van der Waals surface area (Å²) in [6, 6.07) is 13.3. The minimum Gasteiger partial charge on any atom is -0.507 e. The molecule has 1 atom stereocenters. The molecule has 1 amide bonds. The average Bonchev–Trinajstić information content (AvgIpc) is 3.06. The molecule has 0 saturated carbocycles. The number of aromatic nitrogens is 1. The monoisotopic (exact) mass is 418 g/mol. The third-order valence-electron chi connectivity index (χ3n) is 5.22. The molecule has 0 radical (unpaired) electrons. The second-order valence-electron chi connectivity index (χ2n) is 7.09. The Morgan fingerprint density at radius 2 is 1.90 bits per heavy atom. The van der Waals surface area contributed by atoms with Gasteiger partial charge in [0.2, 0.25) is 0 Å². The summed E-state index contributed by atoms with van der Waals surface area (Å²) in [5.74, 6) is -2.07. The zero-order valence-corrected chi connectivity index (χ0v) is 16.9. The second kappa shape index (κ2) is 8.02. The Hall–Kier alpha value is -4.00. The van der Waals surface area contributed by atoms with Crippen LogP contribution in [0.25, 0.3) is 5.76 Å². The van der Waals surface area contributed by atoms with Gasteiger partial charge in [-0.3, -0.25) is 19.5 Å². The largest absolute Gasteiger partial charge is 0.507 e. The van der Waals surface area contributed by atoms with Crippen LogP contribution in [0, 0.1) is 12.7 Å². The van der Waals surface area contributed by atoms with Gasteiger partial charge in [-0.2, -0.15) is 0 Å². The summed E-state index contributed by atoms with van der Waals surface area (Å²) in [7, 11) is 1.47. The van der Waals surface area contributed by atoms with Crippen LogP contribution in [-0.4, -0.2) is 28.9 Å². The van der Waals surface area contributed by atoms with E-state index in [2.05, 4.69) is 4.98 Å². The average molecular weight is 418 g/mol. The standard InChI is InChI=1S/C24H19FN2O4/c1-14-12-15(9-10-17(14)25)22(28)20-21(16-6-5-11-26-13-16)27(24(30)23(20)29)18-7-3-4-8-19(18)31-2/h3-13,21,28H,1-2H3/b22-20-. The summed E-state index contributed by atoms with van der Waals surface area (Å²) in [6.07, 6.45) is 3.10. The fourth-order valence-electron chi connectivity index (χ4n) is 3.71. The Morgan fingerprint density at radius 3 is 2.58 bits per heavy atom. The molecule has 1 unspecified atom stereocenters. The first kappa shape index (κ1) is 20.3. The Bertz CT molecular complexity index is 1210. The lowest BCUT2D eigenvalue weighted by Gasteiger charge is -2.26. The number of pyridine rings is 1. The van der Waals surface area contributed by atoms with Gasteiger partial charge < -0.3 is 9.84 Å². The first-order valence-electron chi connectivity index (χ1n) is 9.54. The van der Waals surface area contributed by atoms with Crippen LogP contribution in [0.3, 0.4) is 0 Å². The van der Waals surface area contributed by atoms with Gasteiger partial charge in [-0.05, 0) is 54.4 Å². The Labute approximate surface area is 178 Å². The number of carbonyl (C=O) groups is 2. The summed E-state index contributed by atoms with van der Waals surface area (Å²) in [5.41, 5.74) is 1.37. The molecule has 1 saturated heterocycles. The minimum atomic E-state index is -0.935. The number of anilines is 1. The molecule has 6 nitrogen and oxygen atoms in total. The number of methoxy groups -OCH3 is 1. The van der Waals surface area contributed by atoms with E-state index in [1.165, 1.54) is 36.4 Å². The van der Waals surface area contributed by atoms with E-state index in [1.54, 1.807) is 49.5 Å². The van der Waals surface area contributed by atoms with Crippen molar-refractivity contribution in [2.45, 2.75) is 13.0 Å². The highest BCUT2D eigenvalue weighted by Gasteiger charge is 2.47. The highest BCUT2D eigenvalue weighted by molar-refractivity contribution is 6.51. The molecule has 1 aromatic heterocycles. The number of hydrogen-bond donors (Lipinski definition) is 1. The van der Waals surface area contributed by atoms with E-state index in [-0.39, 0.29) is 16.9 Å². The van der Waals surface area contributed by atoms with E-state index in [0.717, 1.165) is 0 Å². The summed E-state index contributed by atoms with van der Waals surface area (Å²) in [4.78, 5) is 31.6. The van der Waals surface area contributed by atoms with Gasteiger partial charge in [0.1, 0.15) is 17.3 Å². The van der Waals surface area contributed by atoms with Crippen LogP contribution in [0.2, 0.25) is 0 Å². The van der Waals surface area contributed by atoms with Crippen LogP contribution in [0.15, 0.2) is 72.6 Å². The molecule has 31 heavy (non-hydrogen) atoms. The fraction of sp³-hybridized carbons (Fsp3) is 0.125. The number of aryl methyl sites for hydroxylation is 1. The summed E-state index contributed by atoms with van der Waals surface area (Å²) >= 11 is 0. The van der Waals surface area contributed by atoms with Gasteiger partial charge in [-0.25, -0.2) is 4.39 Å². The van der Waals surface area contributed by atoms with Crippen LogP contribution in [0.1, 0.15) is 22.7 Å². The summed E-state index contributed by atoms with van der Waals surface area (Å²) in [6.45, 7) is 1.55. The SMILES string of the molecule is COc1ccccc1N1C(=O)C(=O)/C(=C(\O)c2ccc(F)c(C)c2)C1c1cccnc1. The maximum atomic E-state index is 13.7. The van der Waals surface area contributed by atoms with E-state index in [4.69, 9.17) is 4.74 Å². The zero-order chi connectivity index (χ0) is 22.1. The molecule has 7 heteroatoms. The van der Waals surface area contributed by atoms with Gasteiger partial charge in [-0.1, -0.05) is 18.2 Å². The van der Waals surface area contributed by atoms with Gasteiger partial charge in [0.05, 0.1) is 24.4 Å². The molecule has 3 aromatic rings. The molecule has 2 aromatic carbocycles. The number of carbonyl (C=O) groups excluding carboxylic acids is 2. The lowest BCUT2D eigenvalue weighted by molar-refractivity contribution is -0.132. The third kappa shape index (κ3) is 3.44. The molecule has 1 N–H and O–H groups in total. The highest BCUT2D eigenvalue weighted by atomic mass is 19.1. The Kier molecular flexibility index (Phi) is 5.25. The number of ketones is 1. The van der Waals surface area contributed by atoms with Crippen LogP contribution in [-0.2, 0) is 9.59 Å². The maximum absolute atomic E-state index is 13.7. The maximum Gasteiger partial charge on any atom is 0.300 e. The molecule has 1 aliphatic heterocycles. The predicted octanol–water partition coefficient (Wildman–Crippen LogP) is 4.16. The molecule has 0 bridgehead atoms. The van der Waals surface area contributed by atoms with Gasteiger partial charge in [-0.15, -0.1) is 0 Å². The van der Waals surface area contributed by atoms with Crippen molar-refractivity contribution < 1.29 is 23.8 Å². The molecule has 1 fully saturated rings. The first-order valence-corrected chi connectivity index (χ1v) is 9.54. The number of halogens is 1. The van der Waals surface area contributed by atoms with Crippen LogP contribution in [0.4, 0.5) is 10.1 Å². The van der Waals surface area contributed by atoms with Gasteiger partial charge in [0.15, 0.2) is 0 Å². The fourth-order valence-corrected chi connectivity index (χ4v) is 3.71. The quantitative estimate of drug-likeness (QED) is 0.391. The van der Waals surface area contributed by atoms with Crippen molar-refractivity contribution in [2.75, 3.05) is 12.0 Å². The lowest BCUT2D eigenvalue weighted by Crippen LogP contribution is -2.29. The number of benzene rings is 2. The van der Waals surface area contributed by atoms with Crippen molar-refractivity contribution in [3.8, 4) is 5.75 Å². The van der Waals surface area contributed by atoms with Crippen molar-refractivity contribution in [1.29, 1.82) is 0 Å². The van der Waals surface area contributed by atoms with Crippen molar-refractivity contribution in [2.24, 2.45) is 0 Å². The number of aliphatic hydroxyl groups excluding tert-OH is 1. The number of amides is 1. The number of para-hydroxylation sites is 2. The smallest absolute Gasteiger partial charge is 0.300 e. The number of aliphatic hydroxyl groups is 1. The van der Waals surface area contributed by atoms with E-state index in [9.17, 15) is 19.1 Å². The van der Waals surface area contributed by atoms with Crippen LogP contribution < -0.4 is 9.64 Å². The van der Waals surface area contributed by atoms with Gasteiger partial charge in [0, 0.05) is 18.0 Å². The van der Waals surface area contributed by atoms with Crippen LogP contribution >= 0.6 is 0 Å². The number of nitrogens with zero attached hydrogens (tertiary/aromatic N) is 2. The number of rotatable bonds is 4. The number of ether oxygens (including phenoxy) is 1. The molecule has 1 aliphatic rings.